The highest BCUT2D eigenvalue weighted by molar-refractivity contribution is 6.32. The minimum Gasteiger partial charge on any atom is -0.487 e. The Bertz CT molecular complexity index is 1200. The lowest BCUT2D eigenvalue weighted by atomic mass is 10.1. The van der Waals surface area contributed by atoms with Crippen LogP contribution in [0.4, 0.5) is 5.69 Å². The average Bonchev–Trinajstić information content (AvgIpc) is 2.75. The van der Waals surface area contributed by atoms with Gasteiger partial charge in [-0.25, -0.2) is 0 Å². The zero-order valence-electron chi connectivity index (χ0n) is 17.1. The Morgan fingerprint density at radius 2 is 1.81 bits per heavy atom. The van der Waals surface area contributed by atoms with E-state index in [1.165, 1.54) is 6.08 Å². The highest BCUT2D eigenvalue weighted by Gasteiger charge is 2.11. The Hall–Kier alpha value is -3.26. The summed E-state index contributed by atoms with van der Waals surface area (Å²) in [5.41, 5.74) is 4.25. The lowest BCUT2D eigenvalue weighted by Crippen LogP contribution is -2.13. The number of amides is 1. The van der Waals surface area contributed by atoms with Gasteiger partial charge in [0.1, 0.15) is 24.0 Å². The summed E-state index contributed by atoms with van der Waals surface area (Å²) < 4.78 is 5.76. The normalized spacial score (nSPS) is 11.0. The lowest BCUT2D eigenvalue weighted by Gasteiger charge is -2.10. The minimum atomic E-state index is -0.485. The number of benzene rings is 3. The fourth-order valence-corrected chi connectivity index (χ4v) is 3.26. The van der Waals surface area contributed by atoms with Gasteiger partial charge in [0.05, 0.1) is 5.02 Å². The summed E-state index contributed by atoms with van der Waals surface area (Å²) in [6.07, 6.45) is 1.49. The van der Waals surface area contributed by atoms with E-state index in [0.717, 1.165) is 16.7 Å². The van der Waals surface area contributed by atoms with Gasteiger partial charge in [0, 0.05) is 16.3 Å². The van der Waals surface area contributed by atoms with Crippen molar-refractivity contribution >= 4 is 40.9 Å². The van der Waals surface area contributed by atoms with Gasteiger partial charge in [-0.05, 0) is 66.9 Å². The minimum absolute atomic E-state index is 0.0287. The monoisotopic (exact) mass is 450 g/mol. The van der Waals surface area contributed by atoms with Crippen LogP contribution in [0.2, 0.25) is 10.0 Å². The molecule has 3 rings (SSSR count). The molecule has 0 bridgehead atoms. The van der Waals surface area contributed by atoms with E-state index in [1.54, 1.807) is 30.3 Å². The number of carbonyl (C=O) groups excluding carboxylic acids is 1. The molecule has 0 saturated heterocycles. The highest BCUT2D eigenvalue weighted by Crippen LogP contribution is 2.28. The maximum atomic E-state index is 12.5. The first kappa shape index (κ1) is 22.4. The second-order valence-corrected chi connectivity index (χ2v) is 7.81. The second-order valence-electron chi connectivity index (χ2n) is 6.99. The van der Waals surface area contributed by atoms with Crippen molar-refractivity contribution < 1.29 is 9.53 Å². The molecule has 31 heavy (non-hydrogen) atoms. The molecular weight excluding hydrogens is 431 g/mol. The number of nitrogens with one attached hydrogen (secondary N) is 1. The first-order valence-electron chi connectivity index (χ1n) is 9.53. The molecule has 0 heterocycles. The van der Waals surface area contributed by atoms with Crippen molar-refractivity contribution in [3.05, 3.63) is 98.5 Å². The van der Waals surface area contributed by atoms with E-state index < -0.39 is 5.91 Å². The van der Waals surface area contributed by atoms with Crippen LogP contribution in [0.15, 0.2) is 66.2 Å². The van der Waals surface area contributed by atoms with Crippen molar-refractivity contribution in [3.8, 4) is 11.8 Å². The van der Waals surface area contributed by atoms with Gasteiger partial charge in [-0.15, -0.1) is 0 Å². The van der Waals surface area contributed by atoms with Crippen LogP contribution in [0.5, 0.6) is 5.75 Å². The molecule has 0 radical (unpaired) electrons. The third-order valence-corrected chi connectivity index (χ3v) is 5.40. The molecule has 0 aromatic heterocycles. The molecule has 1 N–H and O–H groups in total. The van der Waals surface area contributed by atoms with E-state index >= 15 is 0 Å². The van der Waals surface area contributed by atoms with Crippen LogP contribution in [-0.4, -0.2) is 5.91 Å². The van der Waals surface area contributed by atoms with E-state index in [9.17, 15) is 10.1 Å². The van der Waals surface area contributed by atoms with Gasteiger partial charge >= 0.3 is 0 Å². The number of aryl methyl sites for hydroxylation is 2. The smallest absolute Gasteiger partial charge is 0.266 e. The molecule has 3 aromatic rings. The van der Waals surface area contributed by atoms with Crippen LogP contribution in [0, 0.1) is 25.2 Å². The quantitative estimate of drug-likeness (QED) is 0.334. The Morgan fingerprint density at radius 1 is 1.03 bits per heavy atom. The number of nitrogens with zero attached hydrogens (tertiary/aromatic N) is 1. The van der Waals surface area contributed by atoms with E-state index in [-0.39, 0.29) is 12.2 Å². The average molecular weight is 451 g/mol. The van der Waals surface area contributed by atoms with Gasteiger partial charge in [0.2, 0.25) is 0 Å². The summed E-state index contributed by atoms with van der Waals surface area (Å²) in [6.45, 7) is 4.23. The first-order valence-corrected chi connectivity index (χ1v) is 10.3. The van der Waals surface area contributed by atoms with Gasteiger partial charge in [-0.2, -0.15) is 5.26 Å². The van der Waals surface area contributed by atoms with E-state index in [0.29, 0.717) is 27.0 Å². The van der Waals surface area contributed by atoms with Crippen LogP contribution < -0.4 is 10.1 Å². The van der Waals surface area contributed by atoms with E-state index in [1.807, 2.05) is 50.2 Å². The van der Waals surface area contributed by atoms with Crippen LogP contribution >= 0.6 is 23.2 Å². The van der Waals surface area contributed by atoms with Crippen molar-refractivity contribution in [1.29, 1.82) is 5.26 Å². The Morgan fingerprint density at radius 3 is 2.48 bits per heavy atom. The topological polar surface area (TPSA) is 62.1 Å². The molecule has 4 nitrogen and oxygen atoms in total. The van der Waals surface area contributed by atoms with Gasteiger partial charge in [-0.3, -0.25) is 4.79 Å². The van der Waals surface area contributed by atoms with E-state index in [2.05, 4.69) is 5.32 Å². The van der Waals surface area contributed by atoms with Gasteiger partial charge in [-0.1, -0.05) is 53.5 Å². The summed E-state index contributed by atoms with van der Waals surface area (Å²) in [5.74, 6) is -0.00209. The molecule has 0 aliphatic carbocycles. The molecule has 0 fully saturated rings. The fraction of sp³-hybridized carbons (Fsp3) is 0.120. The standard InChI is InChI=1S/C25H20Cl2N2O2/c1-16-7-9-21(11-17(16)2)29-25(30)20(14-28)12-18-8-10-24(23(27)13-18)31-15-19-5-3-4-6-22(19)26/h3-13H,15H2,1-2H3,(H,29,30)/b20-12-. The van der Waals surface area contributed by atoms with E-state index in [4.69, 9.17) is 27.9 Å². The van der Waals surface area contributed by atoms with Crippen molar-refractivity contribution in [2.24, 2.45) is 0 Å². The maximum absolute atomic E-state index is 12.5. The summed E-state index contributed by atoms with van der Waals surface area (Å²) in [6, 6.07) is 20.0. The van der Waals surface area contributed by atoms with Crippen molar-refractivity contribution in [2.45, 2.75) is 20.5 Å². The van der Waals surface area contributed by atoms with Crippen LogP contribution in [0.3, 0.4) is 0 Å². The molecule has 3 aromatic carbocycles. The number of carbonyl (C=O) groups is 1. The Labute approximate surface area is 191 Å². The molecule has 6 heteroatoms. The largest absolute Gasteiger partial charge is 0.487 e. The number of nitriles is 1. The molecule has 0 saturated carbocycles. The predicted octanol–water partition coefficient (Wildman–Crippen LogP) is 6.73. The number of ether oxygens (including phenoxy) is 1. The number of halogens is 2. The van der Waals surface area contributed by atoms with Gasteiger partial charge in [0.25, 0.3) is 5.91 Å². The third kappa shape index (κ3) is 5.88. The van der Waals surface area contributed by atoms with Crippen LogP contribution in [0.25, 0.3) is 6.08 Å². The van der Waals surface area contributed by atoms with Gasteiger partial charge < -0.3 is 10.1 Å². The number of hydrogen-bond donors (Lipinski definition) is 1. The van der Waals surface area contributed by atoms with Crippen molar-refractivity contribution in [1.82, 2.24) is 0 Å². The first-order chi connectivity index (χ1) is 14.9. The summed E-state index contributed by atoms with van der Waals surface area (Å²) in [7, 11) is 0. The van der Waals surface area contributed by atoms with Crippen LogP contribution in [-0.2, 0) is 11.4 Å². The number of anilines is 1. The Balaban J connectivity index is 1.72. The second kappa shape index (κ2) is 10.2. The molecule has 0 spiro atoms. The zero-order chi connectivity index (χ0) is 22.4. The third-order valence-electron chi connectivity index (χ3n) is 4.74. The van der Waals surface area contributed by atoms with Crippen LogP contribution in [0.1, 0.15) is 22.3 Å². The SMILES string of the molecule is Cc1ccc(NC(=O)/C(C#N)=C\c2ccc(OCc3ccccc3Cl)c(Cl)c2)cc1C. The Kier molecular flexibility index (Phi) is 7.36. The molecule has 0 unspecified atom stereocenters. The van der Waals surface area contributed by atoms with Crippen molar-refractivity contribution in [2.75, 3.05) is 5.32 Å². The number of hydrogen-bond acceptors (Lipinski definition) is 3. The molecule has 0 atom stereocenters. The summed E-state index contributed by atoms with van der Waals surface area (Å²) in [4.78, 5) is 12.5. The van der Waals surface area contributed by atoms with Gasteiger partial charge in [0.15, 0.2) is 0 Å². The summed E-state index contributed by atoms with van der Waals surface area (Å²) >= 11 is 12.5. The molecule has 0 aliphatic rings. The fourth-order valence-electron chi connectivity index (χ4n) is 2.83. The lowest BCUT2D eigenvalue weighted by molar-refractivity contribution is -0.112. The summed E-state index contributed by atoms with van der Waals surface area (Å²) in [5, 5.41) is 13.2. The highest BCUT2D eigenvalue weighted by atomic mass is 35.5. The molecule has 156 valence electrons. The molecular formula is C25H20Cl2N2O2. The maximum Gasteiger partial charge on any atom is 0.266 e. The van der Waals surface area contributed by atoms with Crippen molar-refractivity contribution in [3.63, 3.8) is 0 Å². The molecule has 1 amide bonds. The number of rotatable bonds is 6. The predicted molar refractivity (Wildman–Crippen MR) is 125 cm³/mol. The molecule has 0 aliphatic heterocycles. The zero-order valence-corrected chi connectivity index (χ0v) is 18.6.